The number of rotatable bonds is 6. The fourth-order valence-corrected chi connectivity index (χ4v) is 2.32. The second kappa shape index (κ2) is 8.94. The van der Waals surface area contributed by atoms with Gasteiger partial charge in [-0.1, -0.05) is 36.0 Å². The van der Waals surface area contributed by atoms with E-state index in [0.29, 0.717) is 0 Å². The standard InChI is InChI=1S/C21H26O2/c1-15(8-7-9-16(2)12-13-22)10-11-20-17(3)14-21(23-6)19(5)18(20)4/h7-14H,1-6H3. The molecule has 0 fully saturated rings. The quantitative estimate of drug-likeness (QED) is 0.406. The Bertz CT molecular complexity index is 686. The highest BCUT2D eigenvalue weighted by Crippen LogP contribution is 2.28. The zero-order chi connectivity index (χ0) is 17.4. The van der Waals surface area contributed by atoms with Crippen LogP contribution in [0.3, 0.4) is 0 Å². The summed E-state index contributed by atoms with van der Waals surface area (Å²) in [4.78, 5) is 10.4. The molecule has 0 saturated carbocycles. The van der Waals surface area contributed by atoms with Crippen molar-refractivity contribution in [2.45, 2.75) is 34.6 Å². The van der Waals surface area contributed by atoms with E-state index >= 15 is 0 Å². The van der Waals surface area contributed by atoms with Crippen LogP contribution in [0, 0.1) is 20.8 Å². The van der Waals surface area contributed by atoms with Crippen molar-refractivity contribution >= 4 is 12.4 Å². The van der Waals surface area contributed by atoms with Gasteiger partial charge in [-0.05, 0) is 74.6 Å². The number of allylic oxidation sites excluding steroid dienone is 7. The number of aryl methyl sites for hydroxylation is 1. The molecule has 0 radical (unpaired) electrons. The molecule has 0 amide bonds. The Morgan fingerprint density at radius 2 is 1.65 bits per heavy atom. The van der Waals surface area contributed by atoms with Crippen LogP contribution in [-0.2, 0) is 4.79 Å². The summed E-state index contributed by atoms with van der Waals surface area (Å²) >= 11 is 0. The van der Waals surface area contributed by atoms with Crippen LogP contribution in [0.2, 0.25) is 0 Å². The first kappa shape index (κ1) is 18.7. The lowest BCUT2D eigenvalue weighted by Gasteiger charge is -2.13. The summed E-state index contributed by atoms with van der Waals surface area (Å²) in [6.07, 6.45) is 12.5. The molecule has 0 bridgehead atoms. The molecule has 0 heterocycles. The Morgan fingerprint density at radius 3 is 2.26 bits per heavy atom. The predicted octanol–water partition coefficient (Wildman–Crippen LogP) is 5.28. The molecule has 23 heavy (non-hydrogen) atoms. The van der Waals surface area contributed by atoms with Gasteiger partial charge in [0.25, 0.3) is 0 Å². The van der Waals surface area contributed by atoms with Crippen molar-refractivity contribution in [3.63, 3.8) is 0 Å². The first-order chi connectivity index (χ1) is 10.9. The number of benzene rings is 1. The van der Waals surface area contributed by atoms with Crippen molar-refractivity contribution in [1.29, 1.82) is 0 Å². The number of aldehydes is 1. The van der Waals surface area contributed by atoms with Crippen molar-refractivity contribution in [2.75, 3.05) is 7.11 Å². The van der Waals surface area contributed by atoms with E-state index in [0.717, 1.165) is 23.2 Å². The maximum absolute atomic E-state index is 10.4. The normalized spacial score (nSPS) is 13.1. The topological polar surface area (TPSA) is 26.3 Å². The summed E-state index contributed by atoms with van der Waals surface area (Å²) in [7, 11) is 1.71. The number of carbonyl (C=O) groups excluding carboxylic acids is 1. The minimum absolute atomic E-state index is 0.799. The summed E-state index contributed by atoms with van der Waals surface area (Å²) in [6.45, 7) is 10.3. The molecule has 2 heteroatoms. The molecule has 1 rings (SSSR count). The molecule has 0 aliphatic heterocycles. The van der Waals surface area contributed by atoms with Gasteiger partial charge in [-0.25, -0.2) is 0 Å². The summed E-state index contributed by atoms with van der Waals surface area (Å²) < 4.78 is 5.41. The molecule has 0 saturated heterocycles. The fraction of sp³-hybridized carbons (Fsp3) is 0.286. The van der Waals surface area contributed by atoms with Crippen molar-refractivity contribution in [3.05, 3.63) is 69.8 Å². The molecule has 0 N–H and O–H groups in total. The Labute approximate surface area is 139 Å². The van der Waals surface area contributed by atoms with Gasteiger partial charge in [-0.15, -0.1) is 0 Å². The Hall–Kier alpha value is -2.35. The number of hydrogen-bond donors (Lipinski definition) is 0. The van der Waals surface area contributed by atoms with Crippen LogP contribution in [0.5, 0.6) is 5.75 Å². The molecule has 2 nitrogen and oxygen atoms in total. The van der Waals surface area contributed by atoms with Gasteiger partial charge < -0.3 is 4.74 Å². The largest absolute Gasteiger partial charge is 0.496 e. The second-order valence-electron chi connectivity index (χ2n) is 5.71. The van der Waals surface area contributed by atoms with E-state index in [-0.39, 0.29) is 0 Å². The minimum atomic E-state index is 0.799. The van der Waals surface area contributed by atoms with Crippen LogP contribution in [0.4, 0.5) is 0 Å². The van der Waals surface area contributed by atoms with E-state index in [2.05, 4.69) is 45.9 Å². The maximum atomic E-state index is 10.4. The van der Waals surface area contributed by atoms with Crippen molar-refractivity contribution in [1.82, 2.24) is 0 Å². The van der Waals surface area contributed by atoms with E-state index in [4.69, 9.17) is 4.74 Å². The van der Waals surface area contributed by atoms with Crippen LogP contribution >= 0.6 is 0 Å². The Kier molecular flexibility index (Phi) is 7.27. The summed E-state index contributed by atoms with van der Waals surface area (Å²) in [5.41, 5.74) is 6.93. The average Bonchev–Trinajstić information content (AvgIpc) is 2.51. The third kappa shape index (κ3) is 5.41. The zero-order valence-electron chi connectivity index (χ0n) is 14.9. The predicted molar refractivity (Wildman–Crippen MR) is 99.0 cm³/mol. The molecule has 0 spiro atoms. The fourth-order valence-electron chi connectivity index (χ4n) is 2.32. The lowest BCUT2D eigenvalue weighted by atomic mass is 9.96. The molecule has 0 atom stereocenters. The van der Waals surface area contributed by atoms with Gasteiger partial charge in [0, 0.05) is 0 Å². The smallest absolute Gasteiger partial charge is 0.143 e. The third-order valence-electron chi connectivity index (χ3n) is 3.89. The van der Waals surface area contributed by atoms with Crippen molar-refractivity contribution < 1.29 is 9.53 Å². The van der Waals surface area contributed by atoms with Crippen molar-refractivity contribution in [3.8, 4) is 5.75 Å². The summed E-state index contributed by atoms with van der Waals surface area (Å²) in [5.74, 6) is 0.935. The van der Waals surface area contributed by atoms with Gasteiger partial charge in [0.2, 0.25) is 0 Å². The molecule has 0 aliphatic rings. The zero-order valence-corrected chi connectivity index (χ0v) is 14.9. The molecule has 1 aromatic carbocycles. The van der Waals surface area contributed by atoms with Gasteiger partial charge in [-0.2, -0.15) is 0 Å². The van der Waals surface area contributed by atoms with Gasteiger partial charge in [0.15, 0.2) is 0 Å². The molecular formula is C21H26O2. The first-order valence-corrected chi connectivity index (χ1v) is 7.70. The number of methoxy groups -OCH3 is 1. The van der Waals surface area contributed by atoms with E-state index in [9.17, 15) is 4.79 Å². The Balaban J connectivity index is 2.99. The van der Waals surface area contributed by atoms with Crippen molar-refractivity contribution in [2.24, 2.45) is 0 Å². The van der Waals surface area contributed by atoms with E-state index in [1.54, 1.807) is 13.2 Å². The molecular weight excluding hydrogens is 284 g/mol. The van der Waals surface area contributed by atoms with Crippen LogP contribution < -0.4 is 4.74 Å². The van der Waals surface area contributed by atoms with Crippen LogP contribution in [0.25, 0.3) is 6.08 Å². The number of ether oxygens (including phenoxy) is 1. The monoisotopic (exact) mass is 310 g/mol. The summed E-state index contributed by atoms with van der Waals surface area (Å²) in [5, 5.41) is 0. The molecule has 0 aromatic heterocycles. The lowest BCUT2D eigenvalue weighted by Crippen LogP contribution is -1.95. The first-order valence-electron chi connectivity index (χ1n) is 7.70. The van der Waals surface area contributed by atoms with E-state index in [1.807, 2.05) is 25.2 Å². The van der Waals surface area contributed by atoms with Gasteiger partial charge in [0.05, 0.1) is 7.11 Å². The molecule has 0 unspecified atom stereocenters. The highest BCUT2D eigenvalue weighted by atomic mass is 16.5. The maximum Gasteiger partial charge on any atom is 0.143 e. The highest BCUT2D eigenvalue weighted by Gasteiger charge is 2.08. The van der Waals surface area contributed by atoms with E-state index < -0.39 is 0 Å². The van der Waals surface area contributed by atoms with Gasteiger partial charge in [-0.3, -0.25) is 4.79 Å². The van der Waals surface area contributed by atoms with Gasteiger partial charge >= 0.3 is 0 Å². The second-order valence-corrected chi connectivity index (χ2v) is 5.71. The van der Waals surface area contributed by atoms with E-state index in [1.165, 1.54) is 22.3 Å². The number of hydrogen-bond acceptors (Lipinski definition) is 2. The molecule has 1 aromatic rings. The van der Waals surface area contributed by atoms with Crippen LogP contribution in [-0.4, -0.2) is 13.4 Å². The SMILES string of the molecule is COc1cc(C)c(C=CC(C)=CC=CC(C)=CC=O)c(C)c1C. The van der Waals surface area contributed by atoms with Crippen LogP contribution in [0.15, 0.2) is 47.6 Å². The summed E-state index contributed by atoms with van der Waals surface area (Å²) in [6, 6.07) is 2.08. The minimum Gasteiger partial charge on any atom is -0.496 e. The molecule has 0 aliphatic carbocycles. The highest BCUT2D eigenvalue weighted by molar-refractivity contribution is 5.67. The lowest BCUT2D eigenvalue weighted by molar-refractivity contribution is -0.104. The average molecular weight is 310 g/mol. The van der Waals surface area contributed by atoms with Gasteiger partial charge in [0.1, 0.15) is 12.0 Å². The molecule has 122 valence electrons. The third-order valence-corrected chi connectivity index (χ3v) is 3.89. The Morgan fingerprint density at radius 1 is 1.00 bits per heavy atom. The van der Waals surface area contributed by atoms with Crippen LogP contribution in [0.1, 0.15) is 36.1 Å². The number of carbonyl (C=O) groups is 1.